The molecule has 0 fully saturated rings. The number of nitrogen functional groups attached to an aromatic ring is 1. The van der Waals surface area contributed by atoms with Crippen LogP contribution in [0.1, 0.15) is 31.8 Å². The fourth-order valence-electron chi connectivity index (χ4n) is 3.33. The molecule has 2 amide bonds. The molecular weight excluding hydrogens is 541 g/mol. The number of imidazole rings is 1. The highest BCUT2D eigenvalue weighted by atomic mass is 35.5. The van der Waals surface area contributed by atoms with Crippen molar-refractivity contribution in [2.24, 2.45) is 0 Å². The van der Waals surface area contributed by atoms with Gasteiger partial charge in [-0.05, 0) is 29.3 Å². The van der Waals surface area contributed by atoms with E-state index in [4.69, 9.17) is 27.2 Å². The van der Waals surface area contributed by atoms with E-state index in [1.807, 2.05) is 30.3 Å². The number of halogens is 4. The van der Waals surface area contributed by atoms with Crippen molar-refractivity contribution in [2.45, 2.75) is 19.3 Å². The average molecular weight is 563 g/mol. The van der Waals surface area contributed by atoms with E-state index in [1.165, 1.54) is 12.3 Å². The minimum absolute atomic E-state index is 0.180. The Morgan fingerprint density at radius 2 is 1.77 bits per heavy atom. The smallest absolute Gasteiger partial charge is 0.475 e. The lowest BCUT2D eigenvalue weighted by Gasteiger charge is -2.20. The first-order valence-corrected chi connectivity index (χ1v) is 11.5. The molecular formula is C25H22ClF3N6O4. The number of nitrogens with zero attached hydrogens (tertiary/aromatic N) is 4. The Bertz CT molecular complexity index is 1510. The number of amides is 2. The summed E-state index contributed by atoms with van der Waals surface area (Å²) in [5, 5.41) is 10.3. The van der Waals surface area contributed by atoms with Gasteiger partial charge in [-0.15, -0.1) is 0 Å². The number of carboxylic acids is 1. The molecule has 0 aliphatic heterocycles. The van der Waals surface area contributed by atoms with Crippen LogP contribution in [0.3, 0.4) is 0 Å². The fourth-order valence-corrected chi connectivity index (χ4v) is 3.50. The van der Waals surface area contributed by atoms with Gasteiger partial charge < -0.3 is 25.5 Å². The highest BCUT2D eigenvalue weighted by Crippen LogP contribution is 2.19. The number of pyridine rings is 2. The zero-order valence-corrected chi connectivity index (χ0v) is 21.1. The number of hydrogen-bond donors (Lipinski definition) is 3. The Labute approximate surface area is 224 Å². The minimum atomic E-state index is -5.08. The van der Waals surface area contributed by atoms with Gasteiger partial charge in [-0.3, -0.25) is 9.59 Å². The van der Waals surface area contributed by atoms with E-state index >= 15 is 0 Å². The number of benzene rings is 1. The summed E-state index contributed by atoms with van der Waals surface area (Å²) in [6, 6.07) is 12.8. The monoisotopic (exact) mass is 562 g/mol. The predicted octanol–water partition coefficient (Wildman–Crippen LogP) is 3.80. The molecule has 39 heavy (non-hydrogen) atoms. The first-order chi connectivity index (χ1) is 18.4. The maximum atomic E-state index is 12.8. The fraction of sp³-hybridized carbons (Fsp3) is 0.160. The van der Waals surface area contributed by atoms with Crippen LogP contribution in [-0.2, 0) is 17.9 Å². The molecule has 0 unspecified atom stereocenters. The average Bonchev–Trinajstić information content (AvgIpc) is 3.37. The van der Waals surface area contributed by atoms with Gasteiger partial charge in [-0.25, -0.2) is 14.8 Å². The van der Waals surface area contributed by atoms with E-state index in [1.54, 1.807) is 41.1 Å². The van der Waals surface area contributed by atoms with E-state index < -0.39 is 12.1 Å². The lowest BCUT2D eigenvalue weighted by molar-refractivity contribution is -0.192. The maximum absolute atomic E-state index is 12.8. The van der Waals surface area contributed by atoms with Crippen molar-refractivity contribution in [1.29, 1.82) is 0 Å². The molecule has 0 spiro atoms. The molecule has 0 saturated heterocycles. The molecule has 0 saturated carbocycles. The van der Waals surface area contributed by atoms with Crippen LogP contribution in [-0.4, -0.2) is 55.4 Å². The highest BCUT2D eigenvalue weighted by molar-refractivity contribution is 6.33. The third-order valence-corrected chi connectivity index (χ3v) is 5.64. The molecule has 0 bridgehead atoms. The molecule has 4 aromatic rings. The number of aromatic nitrogens is 3. The molecule has 3 heterocycles. The molecule has 4 rings (SSSR count). The Balaban J connectivity index is 0.000000532. The van der Waals surface area contributed by atoms with Gasteiger partial charge in [0.05, 0.1) is 34.2 Å². The largest absolute Gasteiger partial charge is 0.490 e. The summed E-state index contributed by atoms with van der Waals surface area (Å²) < 4.78 is 33.5. The van der Waals surface area contributed by atoms with E-state index in [0.29, 0.717) is 24.2 Å². The second-order valence-electron chi connectivity index (χ2n) is 8.15. The lowest BCUT2D eigenvalue weighted by Crippen LogP contribution is -2.28. The second kappa shape index (κ2) is 12.3. The SMILES string of the molecule is CN(Cc1ccccc1CNC(=O)c1ccc2cncn2c1)C(=O)c1cnc(N)c(Cl)c1.O=C(O)C(F)(F)F. The van der Waals surface area contributed by atoms with E-state index in [0.717, 1.165) is 16.6 Å². The molecule has 204 valence electrons. The van der Waals surface area contributed by atoms with Crippen molar-refractivity contribution in [3.05, 3.63) is 94.7 Å². The summed E-state index contributed by atoms with van der Waals surface area (Å²) >= 11 is 5.99. The molecule has 1 aromatic carbocycles. The molecule has 0 radical (unpaired) electrons. The summed E-state index contributed by atoms with van der Waals surface area (Å²) in [4.78, 5) is 43.9. The van der Waals surface area contributed by atoms with Crippen LogP contribution in [0, 0.1) is 0 Å². The molecule has 0 atom stereocenters. The van der Waals surface area contributed by atoms with Crippen molar-refractivity contribution in [3.63, 3.8) is 0 Å². The first-order valence-electron chi connectivity index (χ1n) is 11.1. The zero-order chi connectivity index (χ0) is 28.7. The van der Waals surface area contributed by atoms with Crippen molar-refractivity contribution in [1.82, 2.24) is 24.6 Å². The van der Waals surface area contributed by atoms with Crippen LogP contribution in [0.2, 0.25) is 5.02 Å². The van der Waals surface area contributed by atoms with Crippen LogP contribution in [0.5, 0.6) is 0 Å². The Morgan fingerprint density at radius 1 is 1.10 bits per heavy atom. The van der Waals surface area contributed by atoms with Crippen LogP contribution in [0.15, 0.2) is 67.4 Å². The lowest BCUT2D eigenvalue weighted by atomic mass is 10.1. The third-order valence-electron chi connectivity index (χ3n) is 5.34. The number of rotatable bonds is 6. The Kier molecular flexibility index (Phi) is 9.09. The third kappa shape index (κ3) is 7.68. The molecule has 0 aliphatic carbocycles. The van der Waals surface area contributed by atoms with E-state index in [-0.39, 0.29) is 22.7 Å². The normalized spacial score (nSPS) is 10.9. The standard InChI is InChI=1S/C23H21ClN6O2.C2HF3O2/c1-29(23(32)18-8-20(24)21(25)27-10-18)12-16-5-3-2-4-15(16)9-28-22(31)17-6-7-19-11-26-14-30(19)13-17;3-2(4,5)1(6)7/h2-8,10-11,13-14H,9,12H2,1H3,(H2,25,27)(H,28,31);(H,6,7). The number of hydrogen-bond acceptors (Lipinski definition) is 6. The van der Waals surface area contributed by atoms with Gasteiger partial charge in [0.1, 0.15) is 5.82 Å². The van der Waals surface area contributed by atoms with Gasteiger partial charge in [-0.1, -0.05) is 35.9 Å². The summed E-state index contributed by atoms with van der Waals surface area (Å²) in [7, 11) is 1.70. The van der Waals surface area contributed by atoms with Crippen molar-refractivity contribution in [3.8, 4) is 0 Å². The second-order valence-corrected chi connectivity index (χ2v) is 8.56. The first kappa shape index (κ1) is 28.9. The number of fused-ring (bicyclic) bond motifs is 1. The van der Waals surface area contributed by atoms with Gasteiger partial charge in [0, 0.05) is 32.5 Å². The molecule has 10 nitrogen and oxygen atoms in total. The Morgan fingerprint density at radius 3 is 2.41 bits per heavy atom. The van der Waals surface area contributed by atoms with Gasteiger partial charge in [-0.2, -0.15) is 13.2 Å². The van der Waals surface area contributed by atoms with Gasteiger partial charge in [0.25, 0.3) is 11.8 Å². The molecule has 14 heteroatoms. The van der Waals surface area contributed by atoms with Crippen LogP contribution < -0.4 is 11.1 Å². The topological polar surface area (TPSA) is 143 Å². The van der Waals surface area contributed by atoms with E-state index in [9.17, 15) is 22.8 Å². The van der Waals surface area contributed by atoms with Crippen LogP contribution in [0.25, 0.3) is 5.52 Å². The number of carboxylic acid groups (broad SMARTS) is 1. The van der Waals surface area contributed by atoms with Crippen LogP contribution >= 0.6 is 11.6 Å². The van der Waals surface area contributed by atoms with Crippen molar-refractivity contribution < 1.29 is 32.7 Å². The zero-order valence-electron chi connectivity index (χ0n) is 20.3. The number of alkyl halides is 3. The van der Waals surface area contributed by atoms with Gasteiger partial charge in [0.15, 0.2) is 0 Å². The number of nitrogens with one attached hydrogen (secondary N) is 1. The Hall–Kier alpha value is -4.65. The number of carbonyl (C=O) groups is 3. The molecule has 0 aliphatic rings. The number of nitrogens with two attached hydrogens (primary N) is 1. The van der Waals surface area contributed by atoms with Gasteiger partial charge in [0.2, 0.25) is 0 Å². The van der Waals surface area contributed by atoms with Crippen molar-refractivity contribution in [2.75, 3.05) is 12.8 Å². The summed E-state index contributed by atoms with van der Waals surface area (Å²) in [5.41, 5.74) is 9.26. The quantitative estimate of drug-likeness (QED) is 0.324. The number of carbonyl (C=O) groups excluding carboxylic acids is 2. The number of anilines is 1. The summed E-state index contributed by atoms with van der Waals surface area (Å²) in [5.74, 6) is -3.00. The summed E-state index contributed by atoms with van der Waals surface area (Å²) in [6.45, 7) is 0.683. The highest BCUT2D eigenvalue weighted by Gasteiger charge is 2.38. The number of aliphatic carboxylic acids is 1. The van der Waals surface area contributed by atoms with Gasteiger partial charge >= 0.3 is 12.1 Å². The molecule has 3 aromatic heterocycles. The maximum Gasteiger partial charge on any atom is 0.490 e. The molecule has 4 N–H and O–H groups in total. The predicted molar refractivity (Wildman–Crippen MR) is 136 cm³/mol. The minimum Gasteiger partial charge on any atom is -0.475 e. The van der Waals surface area contributed by atoms with Crippen LogP contribution in [0.4, 0.5) is 19.0 Å². The van der Waals surface area contributed by atoms with Crippen molar-refractivity contribution >= 4 is 40.7 Å². The van der Waals surface area contributed by atoms with E-state index in [2.05, 4.69) is 15.3 Å². The summed E-state index contributed by atoms with van der Waals surface area (Å²) in [6.07, 6.45) is 1.44.